The van der Waals surface area contributed by atoms with Gasteiger partial charge in [-0.2, -0.15) is 0 Å². The summed E-state index contributed by atoms with van der Waals surface area (Å²) in [6, 6.07) is 44.8. The topological polar surface area (TPSA) is 6.48 Å². The van der Waals surface area contributed by atoms with Crippen molar-refractivity contribution in [3.8, 4) is 22.3 Å². The first-order chi connectivity index (χ1) is 26.7. The number of hydrogen-bond donors (Lipinski definition) is 0. The van der Waals surface area contributed by atoms with Gasteiger partial charge in [-0.1, -0.05) is 63.1 Å². The Hall–Kier alpha value is -6.00. The number of aryl methyl sites for hydroxylation is 4. The predicted molar refractivity (Wildman–Crippen MR) is 230 cm³/mol. The summed E-state index contributed by atoms with van der Waals surface area (Å²) in [4.78, 5) is 4.47. The second kappa shape index (κ2) is 12.8. The molecule has 0 saturated heterocycles. The number of anilines is 6. The summed E-state index contributed by atoms with van der Waals surface area (Å²) in [6.07, 6.45) is 0. The zero-order valence-electron chi connectivity index (χ0n) is 33.4. The summed E-state index contributed by atoms with van der Waals surface area (Å²) in [5, 5.41) is 0. The molecular formula is C52H46F2N2. The highest BCUT2D eigenvalue weighted by Gasteiger charge is 2.43. The van der Waals surface area contributed by atoms with Crippen LogP contribution >= 0.6 is 0 Å². The Bertz CT molecular complexity index is 2390. The maximum Gasteiger partial charge on any atom is 0.123 e. The van der Waals surface area contributed by atoms with Crippen molar-refractivity contribution < 1.29 is 8.78 Å². The highest BCUT2D eigenvalue weighted by Crippen LogP contribution is 2.59. The van der Waals surface area contributed by atoms with Gasteiger partial charge in [-0.3, -0.25) is 0 Å². The van der Waals surface area contributed by atoms with Crippen molar-refractivity contribution in [1.82, 2.24) is 0 Å². The van der Waals surface area contributed by atoms with Crippen LogP contribution < -0.4 is 9.80 Å². The van der Waals surface area contributed by atoms with E-state index < -0.39 is 0 Å². The monoisotopic (exact) mass is 736 g/mol. The zero-order valence-corrected chi connectivity index (χ0v) is 33.4. The van der Waals surface area contributed by atoms with Crippen LogP contribution in [0.3, 0.4) is 0 Å². The van der Waals surface area contributed by atoms with Gasteiger partial charge in [-0.25, -0.2) is 8.78 Å². The van der Waals surface area contributed by atoms with Gasteiger partial charge >= 0.3 is 0 Å². The summed E-state index contributed by atoms with van der Waals surface area (Å²) in [5.74, 6) is -0.500. The van der Waals surface area contributed by atoms with Gasteiger partial charge in [0.2, 0.25) is 0 Å². The second-order valence-corrected chi connectivity index (χ2v) is 16.9. The van der Waals surface area contributed by atoms with Crippen LogP contribution in [0, 0.1) is 39.3 Å². The van der Waals surface area contributed by atoms with E-state index in [4.69, 9.17) is 0 Å². The van der Waals surface area contributed by atoms with Crippen molar-refractivity contribution in [3.05, 3.63) is 190 Å². The second-order valence-electron chi connectivity index (χ2n) is 16.9. The van der Waals surface area contributed by atoms with Gasteiger partial charge in [0, 0.05) is 45.0 Å². The molecular weight excluding hydrogens is 691 g/mol. The van der Waals surface area contributed by atoms with Gasteiger partial charge in [0.15, 0.2) is 0 Å². The maximum atomic E-state index is 14.2. The summed E-state index contributed by atoms with van der Waals surface area (Å²) in [5.41, 5.74) is 20.7. The van der Waals surface area contributed by atoms with Crippen LogP contribution in [0.4, 0.5) is 42.9 Å². The summed E-state index contributed by atoms with van der Waals surface area (Å²) < 4.78 is 28.3. The summed E-state index contributed by atoms with van der Waals surface area (Å²) in [7, 11) is 0. The molecule has 2 aliphatic carbocycles. The minimum absolute atomic E-state index is 0.250. The van der Waals surface area contributed by atoms with Crippen molar-refractivity contribution in [2.45, 2.75) is 66.2 Å². The molecule has 2 aliphatic rings. The minimum atomic E-state index is -0.270. The van der Waals surface area contributed by atoms with Crippen LogP contribution in [0.2, 0.25) is 0 Å². The third-order valence-electron chi connectivity index (χ3n) is 12.3. The normalized spacial score (nSPS) is 14.2. The van der Waals surface area contributed by atoms with Crippen LogP contribution in [0.1, 0.15) is 72.2 Å². The highest BCUT2D eigenvalue weighted by molar-refractivity contribution is 5.94. The molecule has 4 heteroatoms. The number of hydrogen-bond acceptors (Lipinski definition) is 2. The summed E-state index contributed by atoms with van der Waals surface area (Å²) in [6.45, 7) is 18.0. The zero-order chi connectivity index (χ0) is 39.3. The lowest BCUT2D eigenvalue weighted by Gasteiger charge is -2.29. The molecule has 56 heavy (non-hydrogen) atoms. The largest absolute Gasteiger partial charge is 0.310 e. The molecule has 0 saturated carbocycles. The molecule has 0 bridgehead atoms. The Kier molecular flexibility index (Phi) is 8.14. The predicted octanol–water partition coefficient (Wildman–Crippen LogP) is 14.8. The Morgan fingerprint density at radius 1 is 0.357 bits per heavy atom. The average molecular weight is 737 g/mol. The van der Waals surface area contributed by atoms with E-state index in [1.165, 1.54) is 91.0 Å². The molecule has 0 spiro atoms. The van der Waals surface area contributed by atoms with Crippen LogP contribution in [0.15, 0.2) is 133 Å². The average Bonchev–Trinajstić information content (AvgIpc) is 3.53. The minimum Gasteiger partial charge on any atom is -0.310 e. The lowest BCUT2D eigenvalue weighted by Crippen LogP contribution is -2.18. The third-order valence-corrected chi connectivity index (χ3v) is 12.3. The molecule has 0 fully saturated rings. The molecule has 0 amide bonds. The van der Waals surface area contributed by atoms with Crippen molar-refractivity contribution in [3.63, 3.8) is 0 Å². The molecule has 2 nitrogen and oxygen atoms in total. The van der Waals surface area contributed by atoms with Crippen LogP contribution in [0.25, 0.3) is 22.3 Å². The van der Waals surface area contributed by atoms with Gasteiger partial charge in [-0.15, -0.1) is 0 Å². The van der Waals surface area contributed by atoms with E-state index in [0.717, 1.165) is 34.1 Å². The standard InChI is InChI=1S/C52H46F2N2/c1-31-9-17-37(18-10-31)55(39-21-13-35(53)14-22-39)41-25-33(3)49-43-29-46-44(30-45(43)51(5,6)47(49)27-41)50-34(4)26-42(28-48(50)52(46,7)8)56(38-19-11-32(2)12-20-38)40-23-15-36(54)16-24-40/h9-30H,1-8H3. The number of rotatable bonds is 6. The van der Waals surface area contributed by atoms with E-state index in [1.54, 1.807) is 0 Å². The molecule has 278 valence electrons. The van der Waals surface area contributed by atoms with Crippen LogP contribution in [-0.2, 0) is 10.8 Å². The molecule has 0 aliphatic heterocycles. The molecule has 0 N–H and O–H groups in total. The first-order valence-corrected chi connectivity index (χ1v) is 19.5. The lowest BCUT2D eigenvalue weighted by atomic mass is 9.79. The van der Waals surface area contributed by atoms with Gasteiger partial charge in [0.05, 0.1) is 0 Å². The quantitative estimate of drug-likeness (QED) is 0.168. The maximum absolute atomic E-state index is 14.2. The number of benzene rings is 7. The first kappa shape index (κ1) is 35.7. The highest BCUT2D eigenvalue weighted by atomic mass is 19.1. The number of nitrogens with zero attached hydrogens (tertiary/aromatic N) is 2. The smallest absolute Gasteiger partial charge is 0.123 e. The van der Waals surface area contributed by atoms with E-state index in [0.29, 0.717) is 0 Å². The molecule has 7 aromatic carbocycles. The summed E-state index contributed by atoms with van der Waals surface area (Å²) >= 11 is 0. The SMILES string of the molecule is Cc1ccc(N(c2ccc(F)cc2)c2cc(C)c3c(c2)C(C)(C)c2cc4c(cc2-3)C(C)(C)c2cc(N(c3ccc(C)cc3)c3ccc(F)cc3)cc(C)c2-4)cc1. The third kappa shape index (κ3) is 5.57. The Morgan fingerprint density at radius 3 is 0.982 bits per heavy atom. The fourth-order valence-corrected chi connectivity index (χ4v) is 9.30. The van der Waals surface area contributed by atoms with E-state index in [-0.39, 0.29) is 22.5 Å². The van der Waals surface area contributed by atoms with E-state index >= 15 is 0 Å². The molecule has 0 aromatic heterocycles. The van der Waals surface area contributed by atoms with Crippen LogP contribution in [-0.4, -0.2) is 0 Å². The molecule has 0 heterocycles. The van der Waals surface area contributed by atoms with E-state index in [9.17, 15) is 8.78 Å². The van der Waals surface area contributed by atoms with Gasteiger partial charge in [0.25, 0.3) is 0 Å². The molecule has 9 rings (SSSR count). The van der Waals surface area contributed by atoms with Crippen molar-refractivity contribution in [1.29, 1.82) is 0 Å². The molecule has 0 atom stereocenters. The fourth-order valence-electron chi connectivity index (χ4n) is 9.30. The van der Waals surface area contributed by atoms with E-state index in [2.05, 4.69) is 150 Å². The number of halogens is 2. The Labute approximate surface area is 329 Å². The lowest BCUT2D eigenvalue weighted by molar-refractivity contribution is 0.627. The molecule has 0 radical (unpaired) electrons. The van der Waals surface area contributed by atoms with Crippen molar-refractivity contribution >= 4 is 34.1 Å². The van der Waals surface area contributed by atoms with Crippen LogP contribution in [0.5, 0.6) is 0 Å². The van der Waals surface area contributed by atoms with Gasteiger partial charge in [0.1, 0.15) is 11.6 Å². The van der Waals surface area contributed by atoms with Crippen molar-refractivity contribution in [2.75, 3.05) is 9.80 Å². The van der Waals surface area contributed by atoms with Gasteiger partial charge in [-0.05, 0) is 193 Å². The Morgan fingerprint density at radius 2 is 0.661 bits per heavy atom. The van der Waals surface area contributed by atoms with Gasteiger partial charge < -0.3 is 9.80 Å². The van der Waals surface area contributed by atoms with Crippen molar-refractivity contribution in [2.24, 2.45) is 0 Å². The first-order valence-electron chi connectivity index (χ1n) is 19.5. The molecule has 0 unspecified atom stereocenters. The Balaban J connectivity index is 1.18. The fraction of sp³-hybridized carbons (Fsp3) is 0.192. The number of fused-ring (bicyclic) bond motifs is 6. The van der Waals surface area contributed by atoms with E-state index in [1.807, 2.05) is 24.3 Å². The molecule has 7 aromatic rings.